The van der Waals surface area contributed by atoms with Crippen LogP contribution in [0, 0.1) is 0 Å². The quantitative estimate of drug-likeness (QED) is 0.600. The van der Waals surface area contributed by atoms with Crippen molar-refractivity contribution in [3.8, 4) is 0 Å². The molecule has 1 rings (SSSR count). The molecular weight excluding hydrogens is 276 g/mol. The van der Waals surface area contributed by atoms with E-state index in [1.54, 1.807) is 25.1 Å². The predicted molar refractivity (Wildman–Crippen MR) is 80.8 cm³/mol. The van der Waals surface area contributed by atoms with Crippen molar-refractivity contribution >= 4 is 17.5 Å². The smallest absolute Gasteiger partial charge is 0.251 e. The molecule has 0 spiro atoms. The zero-order valence-electron chi connectivity index (χ0n) is 11.5. The Hall–Kier alpha value is -1.65. The van der Waals surface area contributed by atoms with E-state index in [0.717, 1.165) is 0 Å². The number of carbonyl (C=O) groups excluding carboxylic acids is 1. The number of pyridine rings is 1. The van der Waals surface area contributed by atoms with Gasteiger partial charge in [0.25, 0.3) is 5.91 Å². The van der Waals surface area contributed by atoms with Crippen LogP contribution in [0.4, 0.5) is 0 Å². The van der Waals surface area contributed by atoms with Crippen LogP contribution < -0.4 is 5.32 Å². The molecule has 1 aromatic heterocycles. The fourth-order valence-electron chi connectivity index (χ4n) is 1.89. The highest BCUT2D eigenvalue weighted by Crippen LogP contribution is 2.21. The summed E-state index contributed by atoms with van der Waals surface area (Å²) in [6.45, 7) is 9.00. The Morgan fingerprint density at radius 3 is 2.65 bits per heavy atom. The second-order valence-corrected chi connectivity index (χ2v) is 5.04. The molecule has 0 saturated carbocycles. The second-order valence-electron chi connectivity index (χ2n) is 4.65. The highest BCUT2D eigenvalue weighted by Gasteiger charge is 2.32. The third-order valence-corrected chi connectivity index (χ3v) is 3.34. The van der Waals surface area contributed by atoms with Gasteiger partial charge in [0.15, 0.2) is 0 Å². The molecule has 0 aliphatic carbocycles. The highest BCUT2D eigenvalue weighted by molar-refractivity contribution is 6.29. The summed E-state index contributed by atoms with van der Waals surface area (Å²) in [6, 6.07) is 2.58. The molecule has 0 aliphatic rings. The average molecular weight is 295 g/mol. The number of hydrogen-bond donors (Lipinski definition) is 2. The van der Waals surface area contributed by atoms with Gasteiger partial charge in [-0.3, -0.25) is 4.79 Å². The maximum Gasteiger partial charge on any atom is 0.251 e. The summed E-state index contributed by atoms with van der Waals surface area (Å²) in [7, 11) is 0. The third-order valence-electron chi connectivity index (χ3n) is 3.14. The van der Waals surface area contributed by atoms with Crippen molar-refractivity contribution in [3.63, 3.8) is 0 Å². The van der Waals surface area contributed by atoms with Gasteiger partial charge in [0, 0.05) is 11.8 Å². The number of carbonyl (C=O) groups is 1. The van der Waals surface area contributed by atoms with E-state index in [1.807, 2.05) is 0 Å². The van der Waals surface area contributed by atoms with Gasteiger partial charge < -0.3 is 10.4 Å². The number of rotatable bonds is 7. The standard InChI is InChI=1S/C15H19ClN2O2/c1-4-7-15(20,8-5-2)11(3)18-14(19)12-6-9-17-13(16)10-12/h4-6,9-11,20H,1-2,7-8H2,3H3,(H,18,19)/t11-/m0/s1. The minimum atomic E-state index is -1.10. The number of amides is 1. The first-order valence-electron chi connectivity index (χ1n) is 6.29. The van der Waals surface area contributed by atoms with E-state index in [4.69, 9.17) is 11.6 Å². The summed E-state index contributed by atoms with van der Waals surface area (Å²) in [4.78, 5) is 15.9. The van der Waals surface area contributed by atoms with Crippen LogP contribution in [0.15, 0.2) is 43.6 Å². The van der Waals surface area contributed by atoms with Crippen molar-refractivity contribution in [1.82, 2.24) is 10.3 Å². The molecule has 1 heterocycles. The maximum absolute atomic E-state index is 12.1. The van der Waals surface area contributed by atoms with Crippen molar-refractivity contribution in [3.05, 3.63) is 54.4 Å². The number of hydrogen-bond acceptors (Lipinski definition) is 3. The Balaban J connectivity index is 2.82. The van der Waals surface area contributed by atoms with E-state index >= 15 is 0 Å². The molecule has 0 fully saturated rings. The molecule has 0 aliphatic heterocycles. The zero-order chi connectivity index (χ0) is 15.2. The van der Waals surface area contributed by atoms with Crippen LogP contribution in [0.3, 0.4) is 0 Å². The second kappa shape index (κ2) is 7.22. The Morgan fingerprint density at radius 1 is 1.55 bits per heavy atom. The lowest BCUT2D eigenvalue weighted by atomic mass is 9.88. The molecule has 1 aromatic rings. The Kier molecular flexibility index (Phi) is 5.92. The molecule has 4 nitrogen and oxygen atoms in total. The molecule has 20 heavy (non-hydrogen) atoms. The molecule has 2 N–H and O–H groups in total. The molecule has 0 aromatic carbocycles. The van der Waals surface area contributed by atoms with Crippen LogP contribution in [0.1, 0.15) is 30.1 Å². The van der Waals surface area contributed by atoms with Gasteiger partial charge in [-0.05, 0) is 31.9 Å². The van der Waals surface area contributed by atoms with Gasteiger partial charge in [0.1, 0.15) is 5.15 Å². The van der Waals surface area contributed by atoms with Gasteiger partial charge in [-0.1, -0.05) is 23.8 Å². The van der Waals surface area contributed by atoms with Crippen molar-refractivity contribution in [2.24, 2.45) is 0 Å². The highest BCUT2D eigenvalue weighted by atomic mass is 35.5. The van der Waals surface area contributed by atoms with Crippen molar-refractivity contribution in [1.29, 1.82) is 0 Å². The van der Waals surface area contributed by atoms with Crippen LogP contribution in [-0.4, -0.2) is 27.6 Å². The maximum atomic E-state index is 12.1. The van der Waals surface area contributed by atoms with E-state index in [-0.39, 0.29) is 11.1 Å². The Morgan fingerprint density at radius 2 is 2.15 bits per heavy atom. The van der Waals surface area contributed by atoms with Crippen molar-refractivity contribution in [2.45, 2.75) is 31.4 Å². The van der Waals surface area contributed by atoms with E-state index < -0.39 is 11.6 Å². The molecule has 1 atom stereocenters. The fraction of sp³-hybridized carbons (Fsp3) is 0.333. The molecule has 0 bridgehead atoms. The minimum Gasteiger partial charge on any atom is -0.387 e. The lowest BCUT2D eigenvalue weighted by molar-refractivity contribution is 0.0127. The van der Waals surface area contributed by atoms with Crippen LogP contribution in [0.2, 0.25) is 5.15 Å². The zero-order valence-corrected chi connectivity index (χ0v) is 12.2. The monoisotopic (exact) mass is 294 g/mol. The topological polar surface area (TPSA) is 62.2 Å². The SMILES string of the molecule is C=CCC(O)(CC=C)[C@H](C)NC(=O)c1ccnc(Cl)c1. The lowest BCUT2D eigenvalue weighted by Crippen LogP contribution is -2.50. The van der Waals surface area contributed by atoms with E-state index in [0.29, 0.717) is 18.4 Å². The first-order chi connectivity index (χ1) is 9.42. The largest absolute Gasteiger partial charge is 0.387 e. The summed E-state index contributed by atoms with van der Waals surface area (Å²) in [5.74, 6) is -0.312. The molecule has 5 heteroatoms. The van der Waals surface area contributed by atoms with Gasteiger partial charge in [0.05, 0.1) is 11.6 Å². The first-order valence-corrected chi connectivity index (χ1v) is 6.67. The van der Waals surface area contributed by atoms with Gasteiger partial charge >= 0.3 is 0 Å². The summed E-state index contributed by atoms with van der Waals surface area (Å²) in [5, 5.41) is 13.5. The van der Waals surface area contributed by atoms with Gasteiger partial charge in [-0.15, -0.1) is 13.2 Å². The molecular formula is C15H19ClN2O2. The molecule has 0 saturated heterocycles. The van der Waals surface area contributed by atoms with E-state index in [2.05, 4.69) is 23.5 Å². The molecule has 0 radical (unpaired) electrons. The average Bonchev–Trinajstić information content (AvgIpc) is 2.39. The summed E-state index contributed by atoms with van der Waals surface area (Å²) >= 11 is 5.75. The predicted octanol–water partition coefficient (Wildman–Crippen LogP) is 2.74. The number of nitrogens with one attached hydrogen (secondary N) is 1. The van der Waals surface area contributed by atoms with E-state index in [1.165, 1.54) is 12.3 Å². The number of aromatic nitrogens is 1. The molecule has 1 amide bonds. The Labute approximate surface area is 124 Å². The molecule has 108 valence electrons. The lowest BCUT2D eigenvalue weighted by Gasteiger charge is -2.33. The van der Waals surface area contributed by atoms with Crippen molar-refractivity contribution < 1.29 is 9.90 Å². The van der Waals surface area contributed by atoms with Crippen LogP contribution >= 0.6 is 11.6 Å². The number of nitrogens with zero attached hydrogens (tertiary/aromatic N) is 1. The minimum absolute atomic E-state index is 0.248. The number of aliphatic hydroxyl groups is 1. The summed E-state index contributed by atoms with van der Waals surface area (Å²) < 4.78 is 0. The Bertz CT molecular complexity index is 492. The van der Waals surface area contributed by atoms with Crippen molar-refractivity contribution in [2.75, 3.05) is 0 Å². The van der Waals surface area contributed by atoms with E-state index in [9.17, 15) is 9.90 Å². The number of halogens is 1. The fourth-order valence-corrected chi connectivity index (χ4v) is 2.07. The first kappa shape index (κ1) is 16.4. The summed E-state index contributed by atoms with van der Waals surface area (Å²) in [6.07, 6.45) is 5.42. The summed E-state index contributed by atoms with van der Waals surface area (Å²) in [5.41, 5.74) is -0.702. The van der Waals surface area contributed by atoms with Crippen LogP contribution in [-0.2, 0) is 0 Å². The van der Waals surface area contributed by atoms with Crippen LogP contribution in [0.25, 0.3) is 0 Å². The van der Waals surface area contributed by atoms with Gasteiger partial charge in [-0.25, -0.2) is 4.98 Å². The molecule has 0 unspecified atom stereocenters. The van der Waals surface area contributed by atoms with Gasteiger partial charge in [0.2, 0.25) is 0 Å². The van der Waals surface area contributed by atoms with Crippen LogP contribution in [0.5, 0.6) is 0 Å². The third kappa shape index (κ3) is 4.18. The van der Waals surface area contributed by atoms with Gasteiger partial charge in [-0.2, -0.15) is 0 Å². The normalized spacial score (nSPS) is 12.6.